The minimum absolute atomic E-state index is 0.0106. The standard InChI is InChI=1S/C11H13ClFNO2/c12-9-3-1-2-7(11(9)13)6-8(14)4-5-10(15)16/h1-3,8H,4-6,14H2,(H,15,16). The van der Waals surface area contributed by atoms with Crippen molar-refractivity contribution >= 4 is 17.6 Å². The van der Waals surface area contributed by atoms with Gasteiger partial charge in [0.2, 0.25) is 0 Å². The van der Waals surface area contributed by atoms with E-state index in [2.05, 4.69) is 0 Å². The quantitative estimate of drug-likeness (QED) is 0.836. The summed E-state index contributed by atoms with van der Waals surface area (Å²) in [7, 11) is 0. The Balaban J connectivity index is 2.59. The molecule has 88 valence electrons. The molecule has 0 radical (unpaired) electrons. The molecule has 0 spiro atoms. The Labute approximate surface area is 98.0 Å². The number of carboxylic acid groups (broad SMARTS) is 1. The summed E-state index contributed by atoms with van der Waals surface area (Å²) < 4.78 is 13.5. The van der Waals surface area contributed by atoms with E-state index in [1.807, 2.05) is 0 Å². The Kier molecular flexibility index (Phi) is 4.71. The minimum Gasteiger partial charge on any atom is -0.481 e. The number of aliphatic carboxylic acids is 1. The fraction of sp³-hybridized carbons (Fsp3) is 0.364. The zero-order valence-electron chi connectivity index (χ0n) is 8.62. The van der Waals surface area contributed by atoms with E-state index in [4.69, 9.17) is 22.4 Å². The summed E-state index contributed by atoms with van der Waals surface area (Å²) in [6.07, 6.45) is 0.601. The highest BCUT2D eigenvalue weighted by molar-refractivity contribution is 6.30. The molecule has 0 amide bonds. The summed E-state index contributed by atoms with van der Waals surface area (Å²) in [5.41, 5.74) is 6.12. The van der Waals surface area contributed by atoms with E-state index in [1.54, 1.807) is 12.1 Å². The van der Waals surface area contributed by atoms with Crippen LogP contribution in [0.25, 0.3) is 0 Å². The third-order valence-corrected chi connectivity index (χ3v) is 2.53. The van der Waals surface area contributed by atoms with Crippen molar-refractivity contribution in [1.29, 1.82) is 0 Å². The third kappa shape index (κ3) is 3.79. The number of carboxylic acids is 1. The number of carbonyl (C=O) groups is 1. The second-order valence-electron chi connectivity index (χ2n) is 3.61. The minimum atomic E-state index is -0.901. The topological polar surface area (TPSA) is 63.3 Å². The summed E-state index contributed by atoms with van der Waals surface area (Å²) in [6, 6.07) is 4.33. The van der Waals surface area contributed by atoms with Gasteiger partial charge in [-0.1, -0.05) is 23.7 Å². The second-order valence-corrected chi connectivity index (χ2v) is 4.02. The molecule has 1 unspecified atom stereocenters. The number of rotatable bonds is 5. The predicted octanol–water partition coefficient (Wildman–Crippen LogP) is 2.21. The molecule has 0 aliphatic carbocycles. The van der Waals surface area contributed by atoms with Crippen molar-refractivity contribution in [3.05, 3.63) is 34.6 Å². The molecule has 16 heavy (non-hydrogen) atoms. The number of benzene rings is 1. The van der Waals surface area contributed by atoms with Crippen molar-refractivity contribution in [2.75, 3.05) is 0 Å². The first kappa shape index (κ1) is 12.9. The maximum Gasteiger partial charge on any atom is 0.303 e. The number of hydrogen-bond acceptors (Lipinski definition) is 2. The lowest BCUT2D eigenvalue weighted by molar-refractivity contribution is -0.137. The molecule has 3 N–H and O–H groups in total. The molecule has 0 heterocycles. The lowest BCUT2D eigenvalue weighted by atomic mass is 10.0. The Bertz CT molecular complexity index is 384. The van der Waals surface area contributed by atoms with Crippen LogP contribution in [0.4, 0.5) is 4.39 Å². The van der Waals surface area contributed by atoms with Gasteiger partial charge in [-0.25, -0.2) is 4.39 Å². The van der Waals surface area contributed by atoms with E-state index in [1.165, 1.54) is 6.07 Å². The van der Waals surface area contributed by atoms with Crippen molar-refractivity contribution < 1.29 is 14.3 Å². The fourth-order valence-electron chi connectivity index (χ4n) is 1.40. The highest BCUT2D eigenvalue weighted by Gasteiger charge is 2.11. The summed E-state index contributed by atoms with van der Waals surface area (Å²) in [6.45, 7) is 0. The molecular weight excluding hydrogens is 233 g/mol. The molecule has 0 aliphatic heterocycles. The van der Waals surface area contributed by atoms with Gasteiger partial charge in [0.15, 0.2) is 0 Å². The van der Waals surface area contributed by atoms with Gasteiger partial charge in [-0.15, -0.1) is 0 Å². The van der Waals surface area contributed by atoms with Gasteiger partial charge in [0.1, 0.15) is 5.82 Å². The third-order valence-electron chi connectivity index (χ3n) is 2.24. The highest BCUT2D eigenvalue weighted by atomic mass is 35.5. The van der Waals surface area contributed by atoms with Crippen LogP contribution in [0.15, 0.2) is 18.2 Å². The van der Waals surface area contributed by atoms with Gasteiger partial charge in [0.25, 0.3) is 0 Å². The van der Waals surface area contributed by atoms with Gasteiger partial charge in [0.05, 0.1) is 5.02 Å². The average Bonchev–Trinajstić information content (AvgIpc) is 2.22. The maximum atomic E-state index is 13.5. The van der Waals surface area contributed by atoms with Crippen LogP contribution in [0.1, 0.15) is 18.4 Å². The lowest BCUT2D eigenvalue weighted by Crippen LogP contribution is -2.24. The van der Waals surface area contributed by atoms with Gasteiger partial charge in [-0.05, 0) is 24.5 Å². The van der Waals surface area contributed by atoms with Crippen molar-refractivity contribution in [2.45, 2.75) is 25.3 Å². The van der Waals surface area contributed by atoms with Gasteiger partial charge in [0, 0.05) is 12.5 Å². The van der Waals surface area contributed by atoms with Crippen LogP contribution in [0.3, 0.4) is 0 Å². The summed E-state index contributed by atoms with van der Waals surface area (Å²) in [5.74, 6) is -1.38. The fourth-order valence-corrected chi connectivity index (χ4v) is 1.59. The van der Waals surface area contributed by atoms with Crippen molar-refractivity contribution in [1.82, 2.24) is 0 Å². The average molecular weight is 246 g/mol. The largest absolute Gasteiger partial charge is 0.481 e. The first-order valence-electron chi connectivity index (χ1n) is 4.91. The summed E-state index contributed by atoms with van der Waals surface area (Å²) in [5, 5.41) is 8.53. The molecule has 0 saturated heterocycles. The van der Waals surface area contributed by atoms with Crippen LogP contribution >= 0.6 is 11.6 Å². The van der Waals surface area contributed by atoms with Gasteiger partial charge in [-0.3, -0.25) is 4.79 Å². The van der Waals surface area contributed by atoms with Gasteiger partial charge >= 0.3 is 5.97 Å². The summed E-state index contributed by atoms with van der Waals surface area (Å²) in [4.78, 5) is 10.3. The monoisotopic (exact) mass is 245 g/mol. The van der Waals surface area contributed by atoms with Crippen LogP contribution in [0.5, 0.6) is 0 Å². The van der Waals surface area contributed by atoms with Crippen LogP contribution in [-0.2, 0) is 11.2 Å². The zero-order chi connectivity index (χ0) is 12.1. The Morgan fingerprint density at radius 1 is 1.56 bits per heavy atom. The molecular formula is C11H13ClFNO2. The van der Waals surface area contributed by atoms with Crippen molar-refractivity contribution in [3.63, 3.8) is 0 Å². The first-order valence-corrected chi connectivity index (χ1v) is 5.28. The first-order chi connectivity index (χ1) is 7.50. The van der Waals surface area contributed by atoms with Crippen molar-refractivity contribution in [2.24, 2.45) is 5.73 Å². The maximum absolute atomic E-state index is 13.5. The predicted molar refractivity (Wildman–Crippen MR) is 60.0 cm³/mol. The molecule has 5 heteroatoms. The molecule has 1 aromatic rings. The lowest BCUT2D eigenvalue weighted by Gasteiger charge is -2.11. The molecule has 0 aliphatic rings. The SMILES string of the molecule is NC(CCC(=O)O)Cc1cccc(Cl)c1F. The van der Waals surface area contributed by atoms with E-state index < -0.39 is 11.8 Å². The molecule has 1 aromatic carbocycles. The highest BCUT2D eigenvalue weighted by Crippen LogP contribution is 2.19. The van der Waals surface area contributed by atoms with Gasteiger partial charge in [-0.2, -0.15) is 0 Å². The number of nitrogens with two attached hydrogens (primary N) is 1. The summed E-state index contributed by atoms with van der Waals surface area (Å²) >= 11 is 5.61. The van der Waals surface area contributed by atoms with E-state index in [0.717, 1.165) is 0 Å². The number of halogens is 2. The van der Waals surface area contributed by atoms with E-state index >= 15 is 0 Å². The van der Waals surface area contributed by atoms with Crippen LogP contribution < -0.4 is 5.73 Å². The Morgan fingerprint density at radius 3 is 2.88 bits per heavy atom. The van der Waals surface area contributed by atoms with E-state index in [9.17, 15) is 9.18 Å². The normalized spacial score (nSPS) is 12.4. The van der Waals surface area contributed by atoms with Crippen LogP contribution in [0, 0.1) is 5.82 Å². The Hall–Kier alpha value is -1.13. The molecule has 0 saturated carbocycles. The molecule has 0 fully saturated rings. The molecule has 0 aromatic heterocycles. The van der Waals surface area contributed by atoms with Gasteiger partial charge < -0.3 is 10.8 Å². The molecule has 0 bridgehead atoms. The molecule has 1 rings (SSSR count). The second kappa shape index (κ2) is 5.82. The van der Waals surface area contributed by atoms with Crippen LogP contribution in [-0.4, -0.2) is 17.1 Å². The molecule has 3 nitrogen and oxygen atoms in total. The smallest absolute Gasteiger partial charge is 0.303 e. The van der Waals surface area contributed by atoms with Crippen LogP contribution in [0.2, 0.25) is 5.02 Å². The van der Waals surface area contributed by atoms with E-state index in [-0.39, 0.29) is 17.5 Å². The van der Waals surface area contributed by atoms with E-state index in [0.29, 0.717) is 18.4 Å². The zero-order valence-corrected chi connectivity index (χ0v) is 9.38. The number of hydrogen-bond donors (Lipinski definition) is 2. The molecule has 1 atom stereocenters. The Morgan fingerprint density at radius 2 is 2.25 bits per heavy atom. The van der Waals surface area contributed by atoms with Crippen molar-refractivity contribution in [3.8, 4) is 0 Å².